The van der Waals surface area contributed by atoms with Crippen molar-refractivity contribution in [3.05, 3.63) is 53.0 Å². The number of nitrogens with zero attached hydrogens (tertiary/aromatic N) is 5. The lowest BCUT2D eigenvalue weighted by molar-refractivity contribution is -0.137. The Balaban J connectivity index is 2.36. The van der Waals surface area contributed by atoms with Gasteiger partial charge in [-0.15, -0.1) is 0 Å². The van der Waals surface area contributed by atoms with E-state index in [2.05, 4.69) is 16.0 Å². The van der Waals surface area contributed by atoms with Crippen LogP contribution in [0.15, 0.2) is 35.6 Å². The molecule has 3 heterocycles. The summed E-state index contributed by atoms with van der Waals surface area (Å²) in [4.78, 5) is 35.4. The minimum Gasteiger partial charge on any atom is -0.462 e. The van der Waals surface area contributed by atoms with Crippen LogP contribution in [0.5, 0.6) is 0 Å². The maximum Gasteiger partial charge on any atom is 0.417 e. The molecule has 0 radical (unpaired) electrons. The number of hydrogen-bond donors (Lipinski definition) is 0. The van der Waals surface area contributed by atoms with E-state index in [-0.39, 0.29) is 17.9 Å². The van der Waals surface area contributed by atoms with Gasteiger partial charge in [0.25, 0.3) is 0 Å². The van der Waals surface area contributed by atoms with Crippen LogP contribution < -0.4 is 4.90 Å². The van der Waals surface area contributed by atoms with Crippen molar-refractivity contribution < 1.29 is 40.7 Å². The summed E-state index contributed by atoms with van der Waals surface area (Å²) in [6.45, 7) is 9.96. The van der Waals surface area contributed by atoms with Crippen LogP contribution >= 0.6 is 0 Å². The smallest absolute Gasteiger partial charge is 0.417 e. The first-order valence-corrected chi connectivity index (χ1v) is 14.8. The number of hydrogen-bond acceptors (Lipinski definition) is 9. The number of halogens is 3. The molecule has 0 aliphatic carbocycles. The first-order chi connectivity index (χ1) is 19.8. The molecular weight excluding hydrogens is 591 g/mol. The molecule has 3 rings (SSSR count). The number of nitriles is 1. The molecule has 43 heavy (non-hydrogen) atoms. The Kier molecular flexibility index (Phi) is 9.16. The largest absolute Gasteiger partial charge is 0.462 e. The molecule has 1 amide bonds. The number of alkyl halides is 3. The summed E-state index contributed by atoms with van der Waals surface area (Å²) in [5, 5.41) is 9.21. The van der Waals surface area contributed by atoms with Crippen molar-refractivity contribution in [3.63, 3.8) is 0 Å². The number of pyridine rings is 2. The average molecular weight is 624 g/mol. The van der Waals surface area contributed by atoms with Gasteiger partial charge in [0.15, 0.2) is 20.7 Å². The fourth-order valence-corrected chi connectivity index (χ4v) is 5.05. The highest BCUT2D eigenvalue weighted by Crippen LogP contribution is 2.34. The number of imidazole rings is 1. The molecule has 0 saturated carbocycles. The molecule has 232 valence electrons. The van der Waals surface area contributed by atoms with Gasteiger partial charge in [-0.1, -0.05) is 13.0 Å². The van der Waals surface area contributed by atoms with E-state index >= 15 is 0 Å². The van der Waals surface area contributed by atoms with Gasteiger partial charge in [0.05, 0.1) is 47.2 Å². The van der Waals surface area contributed by atoms with E-state index in [1.165, 1.54) is 30.5 Å². The highest BCUT2D eigenvalue weighted by Gasteiger charge is 2.37. The van der Waals surface area contributed by atoms with Gasteiger partial charge < -0.3 is 9.47 Å². The van der Waals surface area contributed by atoms with Crippen molar-refractivity contribution in [3.8, 4) is 6.07 Å². The number of ether oxygens (including phenoxy) is 2. The fourth-order valence-electron chi connectivity index (χ4n) is 3.90. The van der Waals surface area contributed by atoms with Crippen LogP contribution in [0, 0.1) is 11.3 Å². The molecule has 0 unspecified atom stereocenters. The molecule has 15 heteroatoms. The van der Waals surface area contributed by atoms with Crippen LogP contribution in [-0.2, 0) is 37.4 Å². The Morgan fingerprint density at radius 1 is 1.09 bits per heavy atom. The summed E-state index contributed by atoms with van der Waals surface area (Å²) in [5.74, 6) is -1.94. The Morgan fingerprint density at radius 2 is 1.74 bits per heavy atom. The summed E-state index contributed by atoms with van der Waals surface area (Å²) >= 11 is 0. The van der Waals surface area contributed by atoms with E-state index in [0.717, 1.165) is 4.90 Å². The molecule has 0 aliphatic heterocycles. The molecule has 0 aromatic carbocycles. The highest BCUT2D eigenvalue weighted by atomic mass is 32.2. The van der Waals surface area contributed by atoms with Crippen LogP contribution in [0.2, 0.25) is 0 Å². The lowest BCUT2D eigenvalue weighted by Crippen LogP contribution is -2.38. The normalized spacial score (nSPS) is 12.6. The quantitative estimate of drug-likeness (QED) is 0.299. The Labute approximate surface area is 247 Å². The molecule has 3 aromatic heterocycles. The van der Waals surface area contributed by atoms with Crippen LogP contribution in [0.25, 0.3) is 5.65 Å². The molecular formula is C28H32F3N5O6S. The van der Waals surface area contributed by atoms with Crippen LogP contribution in [0.4, 0.5) is 23.8 Å². The van der Waals surface area contributed by atoms with Gasteiger partial charge in [0.2, 0.25) is 0 Å². The summed E-state index contributed by atoms with van der Waals surface area (Å²) in [6, 6.07) is 5.76. The number of carbonyl (C=O) groups excluding carboxylic acids is 2. The molecule has 3 aromatic rings. The summed E-state index contributed by atoms with van der Waals surface area (Å²) in [6.07, 6.45) is -4.02. The molecule has 0 spiro atoms. The van der Waals surface area contributed by atoms with Gasteiger partial charge in [0.1, 0.15) is 11.2 Å². The van der Waals surface area contributed by atoms with Crippen LogP contribution in [-0.4, -0.2) is 52.8 Å². The second-order valence-corrected chi connectivity index (χ2v) is 13.2. The number of amides is 1. The predicted octanol–water partition coefficient (Wildman–Crippen LogP) is 5.46. The van der Waals surface area contributed by atoms with Gasteiger partial charge >= 0.3 is 18.2 Å². The van der Waals surface area contributed by atoms with E-state index < -0.39 is 73.4 Å². The number of anilines is 1. The minimum atomic E-state index is -4.84. The van der Waals surface area contributed by atoms with Gasteiger partial charge in [-0.3, -0.25) is 14.3 Å². The van der Waals surface area contributed by atoms with Gasteiger partial charge in [-0.2, -0.15) is 18.4 Å². The Bertz CT molecular complexity index is 1700. The highest BCUT2D eigenvalue weighted by molar-refractivity contribution is 7.91. The number of sulfone groups is 1. The third-order valence-electron chi connectivity index (χ3n) is 6.20. The van der Waals surface area contributed by atoms with E-state index in [9.17, 15) is 36.4 Å². The predicted molar refractivity (Wildman–Crippen MR) is 149 cm³/mol. The standard InChI is InChI=1S/C28H32F3N5O6S/c1-8-41-24(37)19-12-18(28(29,30)31)13-33-20(19)15-36(25(38)42-26(3,4)5)22-23(43(39,40)9-2)35-14-17(27(6,7)16-32)10-11-21(35)34-22/h10-14H,8-9,15H2,1-7H3. The topological polar surface area (TPSA) is 144 Å². The monoisotopic (exact) mass is 623 g/mol. The molecule has 0 aliphatic rings. The maximum atomic E-state index is 13.6. The molecule has 0 fully saturated rings. The van der Waals surface area contributed by atoms with Crippen molar-refractivity contribution in [2.24, 2.45) is 0 Å². The summed E-state index contributed by atoms with van der Waals surface area (Å²) < 4.78 is 79.2. The SMILES string of the molecule is CCOC(=O)c1cc(C(F)(F)F)cnc1CN(C(=O)OC(C)(C)C)c1nc2ccc(C(C)(C)C#N)cn2c1S(=O)(=O)CC. The van der Waals surface area contributed by atoms with E-state index in [4.69, 9.17) is 9.47 Å². The first kappa shape index (κ1) is 33.3. The van der Waals surface area contributed by atoms with E-state index in [0.29, 0.717) is 17.8 Å². The molecule has 0 N–H and O–H groups in total. The minimum absolute atomic E-state index is 0.0964. The number of esters is 1. The Hall–Kier alpha value is -4.19. The van der Waals surface area contributed by atoms with Crippen LogP contribution in [0.1, 0.15) is 75.6 Å². The molecule has 0 atom stereocenters. The second kappa shape index (κ2) is 11.8. The summed E-state index contributed by atoms with van der Waals surface area (Å²) in [7, 11) is -4.15. The zero-order valence-electron chi connectivity index (χ0n) is 24.7. The van der Waals surface area contributed by atoms with E-state index in [1.54, 1.807) is 40.7 Å². The number of carbonyl (C=O) groups is 2. The third kappa shape index (κ3) is 7.24. The summed E-state index contributed by atoms with van der Waals surface area (Å²) in [5.41, 5.74) is -3.67. The van der Waals surface area contributed by atoms with Gasteiger partial charge in [-0.05, 0) is 59.2 Å². The number of aromatic nitrogens is 3. The number of rotatable bonds is 8. The van der Waals surface area contributed by atoms with Crippen molar-refractivity contribution in [2.45, 2.75) is 77.2 Å². The fraction of sp³-hybridized carbons (Fsp3) is 0.464. The molecule has 0 saturated heterocycles. The zero-order chi connectivity index (χ0) is 32.5. The van der Waals surface area contributed by atoms with Gasteiger partial charge in [-0.25, -0.2) is 23.0 Å². The number of fused-ring (bicyclic) bond motifs is 1. The first-order valence-electron chi connectivity index (χ1n) is 13.2. The lowest BCUT2D eigenvalue weighted by Gasteiger charge is -2.27. The van der Waals surface area contributed by atoms with Crippen molar-refractivity contribution in [2.75, 3.05) is 17.3 Å². The van der Waals surface area contributed by atoms with Crippen LogP contribution in [0.3, 0.4) is 0 Å². The third-order valence-corrected chi connectivity index (χ3v) is 7.93. The lowest BCUT2D eigenvalue weighted by atomic mass is 9.88. The zero-order valence-corrected chi connectivity index (χ0v) is 25.6. The van der Waals surface area contributed by atoms with E-state index in [1.807, 2.05) is 0 Å². The Morgan fingerprint density at radius 3 is 2.28 bits per heavy atom. The van der Waals surface area contributed by atoms with Crippen molar-refractivity contribution in [1.29, 1.82) is 5.26 Å². The molecule has 0 bridgehead atoms. The maximum absolute atomic E-state index is 13.6. The molecule has 11 nitrogen and oxygen atoms in total. The second-order valence-electron chi connectivity index (χ2n) is 11.0. The van der Waals surface area contributed by atoms with Crippen molar-refractivity contribution >= 4 is 33.4 Å². The average Bonchev–Trinajstić information content (AvgIpc) is 3.29. The van der Waals surface area contributed by atoms with Gasteiger partial charge in [0, 0.05) is 12.4 Å². The van der Waals surface area contributed by atoms with Crippen molar-refractivity contribution in [1.82, 2.24) is 14.4 Å².